The fourth-order valence-corrected chi connectivity index (χ4v) is 1.88. The molecule has 1 aromatic rings. The molecule has 1 amide bonds. The van der Waals surface area contributed by atoms with Gasteiger partial charge in [-0.3, -0.25) is 4.79 Å². The van der Waals surface area contributed by atoms with Crippen LogP contribution in [0.15, 0.2) is 18.2 Å². The Hall–Kier alpha value is -1.39. The monoisotopic (exact) mass is 264 g/mol. The maximum Gasteiger partial charge on any atom is 0.256 e. The lowest BCUT2D eigenvalue weighted by Crippen LogP contribution is -2.40. The maximum absolute atomic E-state index is 12.0. The van der Waals surface area contributed by atoms with E-state index in [1.807, 2.05) is 19.1 Å². The smallest absolute Gasteiger partial charge is 0.256 e. The van der Waals surface area contributed by atoms with Crippen molar-refractivity contribution in [1.29, 1.82) is 0 Å². The number of likely N-dealkylation sites (N-methyl/N-ethyl adjacent to an activating group) is 1. The van der Waals surface area contributed by atoms with E-state index in [1.54, 1.807) is 7.05 Å². The molecule has 1 unspecified atom stereocenters. The van der Waals surface area contributed by atoms with Gasteiger partial charge in [0, 0.05) is 19.3 Å². The molecule has 1 aromatic carbocycles. The molecule has 0 aromatic heterocycles. The summed E-state index contributed by atoms with van der Waals surface area (Å²) >= 11 is 0. The number of anilines is 1. The first-order valence-electron chi connectivity index (χ1n) is 6.45. The summed E-state index contributed by atoms with van der Waals surface area (Å²) in [7, 11) is 1.66. The molecule has 0 bridgehead atoms. The number of benzene rings is 1. The van der Waals surface area contributed by atoms with Gasteiger partial charge in [-0.15, -0.1) is 0 Å². The molecule has 0 fully saturated rings. The Morgan fingerprint density at radius 1 is 1.42 bits per heavy atom. The second-order valence-electron chi connectivity index (χ2n) is 5.90. The number of aliphatic hydroxyl groups excluding tert-OH is 1. The van der Waals surface area contributed by atoms with Crippen LogP contribution in [0.1, 0.15) is 31.9 Å². The fourth-order valence-electron chi connectivity index (χ4n) is 1.88. The lowest BCUT2D eigenvalue weighted by molar-refractivity contribution is -0.125. The molecule has 4 nitrogen and oxygen atoms in total. The summed E-state index contributed by atoms with van der Waals surface area (Å²) in [5, 5.41) is 9.56. The molecule has 0 saturated heterocycles. The van der Waals surface area contributed by atoms with Crippen molar-refractivity contribution in [3.63, 3.8) is 0 Å². The number of carbonyl (C=O) groups excluding carboxylic acids is 1. The van der Waals surface area contributed by atoms with Crippen LogP contribution in [-0.4, -0.2) is 30.7 Å². The number of hydrogen-bond acceptors (Lipinski definition) is 3. The van der Waals surface area contributed by atoms with Crippen molar-refractivity contribution in [3.05, 3.63) is 29.3 Å². The number of aryl methyl sites for hydroxylation is 1. The molecule has 1 atom stereocenters. The quantitative estimate of drug-likeness (QED) is 0.871. The van der Waals surface area contributed by atoms with Gasteiger partial charge < -0.3 is 15.7 Å². The van der Waals surface area contributed by atoms with E-state index in [1.165, 1.54) is 4.90 Å². The zero-order valence-corrected chi connectivity index (χ0v) is 12.4. The number of hydrogen-bond donors (Lipinski definition) is 2. The van der Waals surface area contributed by atoms with Crippen LogP contribution in [0.2, 0.25) is 0 Å². The van der Waals surface area contributed by atoms with Crippen molar-refractivity contribution < 1.29 is 9.90 Å². The van der Waals surface area contributed by atoms with Gasteiger partial charge in [0.1, 0.15) is 6.10 Å². The van der Waals surface area contributed by atoms with Crippen LogP contribution >= 0.6 is 0 Å². The number of nitrogens with zero attached hydrogens (tertiary/aromatic N) is 1. The molecule has 106 valence electrons. The van der Waals surface area contributed by atoms with Gasteiger partial charge in [0.05, 0.1) is 0 Å². The van der Waals surface area contributed by atoms with E-state index in [0.29, 0.717) is 0 Å². The Balaban J connectivity index is 3.16. The molecule has 0 saturated carbocycles. The SMILES string of the molecule is Cc1ccc(C(C)(C)C)cc1N(C)C(=O)C(O)CN. The van der Waals surface area contributed by atoms with E-state index >= 15 is 0 Å². The Morgan fingerprint density at radius 3 is 2.47 bits per heavy atom. The number of aliphatic hydroxyl groups is 1. The predicted octanol–water partition coefficient (Wildman–Crippen LogP) is 1.57. The standard InChI is InChI=1S/C15H24N2O2/c1-10-6-7-11(15(2,3)4)8-12(10)17(5)14(19)13(18)9-16/h6-8,13,18H,9,16H2,1-5H3. The van der Waals surface area contributed by atoms with E-state index in [0.717, 1.165) is 16.8 Å². The highest BCUT2D eigenvalue weighted by molar-refractivity contribution is 5.96. The molecule has 3 N–H and O–H groups in total. The highest BCUT2D eigenvalue weighted by Gasteiger charge is 2.22. The van der Waals surface area contributed by atoms with Crippen molar-refractivity contribution in [1.82, 2.24) is 0 Å². The minimum Gasteiger partial charge on any atom is -0.382 e. The van der Waals surface area contributed by atoms with Gasteiger partial charge in [-0.1, -0.05) is 32.9 Å². The normalized spacial score (nSPS) is 13.2. The molecule has 0 aliphatic heterocycles. The summed E-state index contributed by atoms with van der Waals surface area (Å²) < 4.78 is 0. The molecule has 19 heavy (non-hydrogen) atoms. The Morgan fingerprint density at radius 2 is 2.00 bits per heavy atom. The minimum atomic E-state index is -1.15. The molecule has 0 aliphatic carbocycles. The summed E-state index contributed by atoms with van der Waals surface area (Å²) in [5.41, 5.74) is 8.29. The zero-order valence-electron chi connectivity index (χ0n) is 12.4. The Kier molecular flexibility index (Phi) is 4.71. The number of rotatable bonds is 3. The summed E-state index contributed by atoms with van der Waals surface area (Å²) in [6.45, 7) is 8.25. The minimum absolute atomic E-state index is 0.0127. The third kappa shape index (κ3) is 3.55. The first-order chi connectivity index (χ1) is 8.68. The average molecular weight is 264 g/mol. The summed E-state index contributed by atoms with van der Waals surface area (Å²) in [5.74, 6) is -0.378. The second-order valence-corrected chi connectivity index (χ2v) is 5.90. The van der Waals surface area contributed by atoms with Crippen LogP contribution in [0, 0.1) is 6.92 Å². The van der Waals surface area contributed by atoms with Crippen LogP contribution in [0.4, 0.5) is 5.69 Å². The molecule has 4 heteroatoms. The lowest BCUT2D eigenvalue weighted by atomic mass is 9.86. The van der Waals surface area contributed by atoms with Crippen LogP contribution in [-0.2, 0) is 10.2 Å². The van der Waals surface area contributed by atoms with Gasteiger partial charge in [0.2, 0.25) is 0 Å². The third-order valence-corrected chi connectivity index (χ3v) is 3.28. The molecular weight excluding hydrogens is 240 g/mol. The van der Waals surface area contributed by atoms with Gasteiger partial charge in [0.25, 0.3) is 5.91 Å². The number of amides is 1. The highest BCUT2D eigenvalue weighted by atomic mass is 16.3. The molecule has 0 aliphatic rings. The predicted molar refractivity (Wildman–Crippen MR) is 78.4 cm³/mol. The van der Waals surface area contributed by atoms with E-state index in [9.17, 15) is 9.90 Å². The summed E-state index contributed by atoms with van der Waals surface area (Å²) in [4.78, 5) is 13.5. The van der Waals surface area contributed by atoms with E-state index in [2.05, 4.69) is 26.8 Å². The topological polar surface area (TPSA) is 66.6 Å². The van der Waals surface area contributed by atoms with Crippen molar-refractivity contribution in [3.8, 4) is 0 Å². The van der Waals surface area contributed by atoms with E-state index in [4.69, 9.17) is 5.73 Å². The Labute approximate surface area is 115 Å². The van der Waals surface area contributed by atoms with Gasteiger partial charge in [-0.05, 0) is 29.5 Å². The largest absolute Gasteiger partial charge is 0.382 e. The van der Waals surface area contributed by atoms with Crippen molar-refractivity contribution in [2.75, 3.05) is 18.5 Å². The fraction of sp³-hybridized carbons (Fsp3) is 0.533. The second kappa shape index (κ2) is 5.72. The highest BCUT2D eigenvalue weighted by Crippen LogP contribution is 2.28. The lowest BCUT2D eigenvalue weighted by Gasteiger charge is -2.26. The number of nitrogens with two attached hydrogens (primary N) is 1. The molecule has 0 spiro atoms. The van der Waals surface area contributed by atoms with Crippen LogP contribution in [0.25, 0.3) is 0 Å². The average Bonchev–Trinajstić information content (AvgIpc) is 2.35. The van der Waals surface area contributed by atoms with Crippen LogP contribution in [0.3, 0.4) is 0 Å². The molecule has 0 radical (unpaired) electrons. The van der Waals surface area contributed by atoms with Crippen LogP contribution < -0.4 is 10.6 Å². The third-order valence-electron chi connectivity index (χ3n) is 3.28. The van der Waals surface area contributed by atoms with Crippen molar-refractivity contribution in [2.24, 2.45) is 5.73 Å². The molecule has 1 rings (SSSR count). The first-order valence-corrected chi connectivity index (χ1v) is 6.45. The van der Waals surface area contributed by atoms with Crippen molar-refractivity contribution in [2.45, 2.75) is 39.2 Å². The Bertz CT molecular complexity index is 464. The number of carbonyl (C=O) groups is 1. The van der Waals surface area contributed by atoms with Crippen LogP contribution in [0.5, 0.6) is 0 Å². The van der Waals surface area contributed by atoms with Gasteiger partial charge in [0.15, 0.2) is 0 Å². The van der Waals surface area contributed by atoms with Gasteiger partial charge >= 0.3 is 0 Å². The van der Waals surface area contributed by atoms with Gasteiger partial charge in [-0.2, -0.15) is 0 Å². The van der Waals surface area contributed by atoms with E-state index < -0.39 is 6.10 Å². The van der Waals surface area contributed by atoms with Crippen molar-refractivity contribution >= 4 is 11.6 Å². The van der Waals surface area contributed by atoms with Gasteiger partial charge in [-0.25, -0.2) is 0 Å². The molecule has 0 heterocycles. The van der Waals surface area contributed by atoms with E-state index in [-0.39, 0.29) is 17.9 Å². The maximum atomic E-state index is 12.0. The first kappa shape index (κ1) is 15.7. The molecular formula is C15H24N2O2. The summed E-state index contributed by atoms with van der Waals surface area (Å²) in [6, 6.07) is 6.06. The summed E-state index contributed by atoms with van der Waals surface area (Å²) in [6.07, 6.45) is -1.15. The zero-order chi connectivity index (χ0) is 14.8.